The van der Waals surface area contributed by atoms with Crippen LogP contribution in [0.15, 0.2) is 12.1 Å². The van der Waals surface area contributed by atoms with Crippen LogP contribution in [0, 0.1) is 6.92 Å². The lowest BCUT2D eigenvalue weighted by Crippen LogP contribution is -1.99. The van der Waals surface area contributed by atoms with Crippen LogP contribution in [0.5, 0.6) is 0 Å². The van der Waals surface area contributed by atoms with Crippen molar-refractivity contribution in [2.45, 2.75) is 13.8 Å². The first-order valence-electron chi connectivity index (χ1n) is 4.82. The summed E-state index contributed by atoms with van der Waals surface area (Å²) >= 11 is 0. The van der Waals surface area contributed by atoms with Gasteiger partial charge in [0.05, 0.1) is 6.61 Å². The molecule has 0 bridgehead atoms. The summed E-state index contributed by atoms with van der Waals surface area (Å²) in [5.74, 6) is -1.48. The van der Waals surface area contributed by atoms with Gasteiger partial charge in [-0.25, -0.2) is 9.59 Å². The third-order valence-electron chi connectivity index (χ3n) is 1.96. The van der Waals surface area contributed by atoms with Gasteiger partial charge >= 0.3 is 11.9 Å². The maximum absolute atomic E-state index is 11.0. The van der Waals surface area contributed by atoms with E-state index in [1.54, 1.807) is 13.8 Å². The van der Waals surface area contributed by atoms with Crippen molar-refractivity contribution in [3.05, 3.63) is 29.1 Å². The predicted octanol–water partition coefficient (Wildman–Crippen LogP) is 1.60. The quantitative estimate of drug-likeness (QED) is 0.600. The maximum Gasteiger partial charge on any atom is 0.352 e. The van der Waals surface area contributed by atoms with Gasteiger partial charge in [-0.15, -0.1) is 0 Å². The normalized spacial score (nSPS) is 10.6. The molecule has 5 heteroatoms. The second-order valence-electron chi connectivity index (χ2n) is 3.17. The monoisotopic (exact) mass is 223 g/mol. The average molecular weight is 223 g/mol. The van der Waals surface area contributed by atoms with E-state index in [1.807, 2.05) is 0 Å². The van der Waals surface area contributed by atoms with E-state index in [0.29, 0.717) is 12.3 Å². The molecule has 1 heterocycles. The van der Waals surface area contributed by atoms with Crippen molar-refractivity contribution in [2.75, 3.05) is 6.61 Å². The van der Waals surface area contributed by atoms with E-state index in [2.05, 4.69) is 4.98 Å². The second kappa shape index (κ2) is 5.16. The molecule has 1 rings (SSSR count). The van der Waals surface area contributed by atoms with Crippen molar-refractivity contribution in [3.8, 4) is 0 Å². The summed E-state index contributed by atoms with van der Waals surface area (Å²) in [6.45, 7) is 3.79. The van der Waals surface area contributed by atoms with E-state index in [1.165, 1.54) is 18.2 Å². The summed E-state index contributed by atoms with van der Waals surface area (Å²) < 4.78 is 4.70. The minimum atomic E-state index is -1.03. The molecule has 0 fully saturated rings. The summed E-state index contributed by atoms with van der Waals surface area (Å²) in [7, 11) is 0. The van der Waals surface area contributed by atoms with Crippen LogP contribution >= 0.6 is 0 Å². The van der Waals surface area contributed by atoms with E-state index >= 15 is 0 Å². The number of hydrogen-bond donors (Lipinski definition) is 2. The average Bonchev–Trinajstić information content (AvgIpc) is 2.58. The molecular formula is C11H13NO4. The Morgan fingerprint density at radius 3 is 2.75 bits per heavy atom. The molecule has 0 aliphatic carbocycles. The van der Waals surface area contributed by atoms with Gasteiger partial charge in [-0.05, 0) is 31.6 Å². The third-order valence-corrected chi connectivity index (χ3v) is 1.96. The lowest BCUT2D eigenvalue weighted by Gasteiger charge is -1.94. The number of carboxylic acid groups (broad SMARTS) is 1. The zero-order valence-corrected chi connectivity index (χ0v) is 9.11. The number of carbonyl (C=O) groups is 2. The third kappa shape index (κ3) is 2.98. The Labute approximate surface area is 92.7 Å². The second-order valence-corrected chi connectivity index (χ2v) is 3.17. The highest BCUT2D eigenvalue weighted by Crippen LogP contribution is 2.11. The zero-order valence-electron chi connectivity index (χ0n) is 9.11. The van der Waals surface area contributed by atoms with Gasteiger partial charge in [-0.1, -0.05) is 0 Å². The van der Waals surface area contributed by atoms with Gasteiger partial charge in [0.25, 0.3) is 0 Å². The van der Waals surface area contributed by atoms with Crippen LogP contribution in [0.3, 0.4) is 0 Å². The smallest absolute Gasteiger partial charge is 0.352 e. The molecular weight excluding hydrogens is 210 g/mol. The molecule has 1 aromatic heterocycles. The standard InChI is InChI=1S/C11H13NO4/c1-3-16-10(13)5-4-8-7(2)6-9(12-8)11(14)15/h4-6,12H,3H2,1-2H3,(H,14,15)/b5-4+. The Morgan fingerprint density at radius 2 is 2.25 bits per heavy atom. The number of H-pyrrole nitrogens is 1. The molecule has 2 N–H and O–H groups in total. The number of nitrogens with one attached hydrogen (secondary N) is 1. The molecule has 5 nitrogen and oxygen atoms in total. The highest BCUT2D eigenvalue weighted by atomic mass is 16.5. The molecule has 0 radical (unpaired) electrons. The van der Waals surface area contributed by atoms with Crippen LogP contribution in [0.4, 0.5) is 0 Å². The molecule has 0 unspecified atom stereocenters. The fourth-order valence-electron chi connectivity index (χ4n) is 1.20. The number of ether oxygens (including phenoxy) is 1. The molecule has 1 aromatic rings. The van der Waals surface area contributed by atoms with Crippen LogP contribution in [0.2, 0.25) is 0 Å². The van der Waals surface area contributed by atoms with Gasteiger partial charge in [0.15, 0.2) is 0 Å². The van der Waals surface area contributed by atoms with Crippen LogP contribution in [0.1, 0.15) is 28.7 Å². The SMILES string of the molecule is CCOC(=O)/C=C/c1[nH]c(C(=O)O)cc1C. The summed E-state index contributed by atoms with van der Waals surface area (Å²) in [4.78, 5) is 24.4. The Morgan fingerprint density at radius 1 is 1.56 bits per heavy atom. The molecule has 0 aromatic carbocycles. The minimum absolute atomic E-state index is 0.0982. The Hall–Kier alpha value is -2.04. The van der Waals surface area contributed by atoms with Crippen LogP contribution < -0.4 is 0 Å². The Bertz CT molecular complexity index is 431. The number of aromatic carboxylic acids is 1. The molecule has 0 saturated heterocycles. The summed E-state index contributed by atoms with van der Waals surface area (Å²) in [6, 6.07) is 1.51. The number of esters is 1. The van der Waals surface area contributed by atoms with Crippen molar-refractivity contribution in [3.63, 3.8) is 0 Å². The number of aromatic amines is 1. The predicted molar refractivity (Wildman–Crippen MR) is 58.2 cm³/mol. The van der Waals surface area contributed by atoms with Gasteiger partial charge in [0.2, 0.25) is 0 Å². The fourth-order valence-corrected chi connectivity index (χ4v) is 1.20. The molecule has 0 saturated carbocycles. The van der Waals surface area contributed by atoms with Gasteiger partial charge in [-0.2, -0.15) is 0 Å². The zero-order chi connectivity index (χ0) is 12.1. The highest BCUT2D eigenvalue weighted by Gasteiger charge is 2.08. The lowest BCUT2D eigenvalue weighted by molar-refractivity contribution is -0.137. The molecule has 0 aliphatic heterocycles. The highest BCUT2D eigenvalue weighted by molar-refractivity contribution is 5.89. The first kappa shape index (κ1) is 12.0. The number of aryl methyl sites for hydroxylation is 1. The first-order chi connectivity index (χ1) is 7.54. The molecule has 0 spiro atoms. The topological polar surface area (TPSA) is 79.4 Å². The van der Waals surface area contributed by atoms with E-state index in [0.717, 1.165) is 5.56 Å². The van der Waals surface area contributed by atoms with Gasteiger partial charge in [0, 0.05) is 11.8 Å². The van der Waals surface area contributed by atoms with Crippen LogP contribution in [-0.4, -0.2) is 28.6 Å². The van der Waals surface area contributed by atoms with E-state index in [9.17, 15) is 9.59 Å². The molecule has 0 aliphatic rings. The summed E-state index contributed by atoms with van der Waals surface area (Å²) in [6.07, 6.45) is 2.76. The molecule has 0 atom stereocenters. The van der Waals surface area contributed by atoms with Crippen molar-refractivity contribution >= 4 is 18.0 Å². The van der Waals surface area contributed by atoms with Crippen molar-refractivity contribution in [1.29, 1.82) is 0 Å². The van der Waals surface area contributed by atoms with Gasteiger partial charge in [0.1, 0.15) is 5.69 Å². The summed E-state index contributed by atoms with van der Waals surface area (Å²) in [5.41, 5.74) is 1.45. The van der Waals surface area contributed by atoms with E-state index in [4.69, 9.17) is 9.84 Å². The van der Waals surface area contributed by atoms with E-state index < -0.39 is 11.9 Å². The molecule has 16 heavy (non-hydrogen) atoms. The van der Waals surface area contributed by atoms with Crippen molar-refractivity contribution in [2.24, 2.45) is 0 Å². The Balaban J connectivity index is 2.81. The van der Waals surface area contributed by atoms with Gasteiger partial charge < -0.3 is 14.8 Å². The number of rotatable bonds is 4. The number of aromatic nitrogens is 1. The van der Waals surface area contributed by atoms with Crippen LogP contribution in [0.25, 0.3) is 6.08 Å². The van der Waals surface area contributed by atoms with Gasteiger partial charge in [-0.3, -0.25) is 0 Å². The first-order valence-corrected chi connectivity index (χ1v) is 4.82. The number of hydrogen-bond acceptors (Lipinski definition) is 3. The number of carboxylic acids is 1. The van der Waals surface area contributed by atoms with E-state index in [-0.39, 0.29) is 5.69 Å². The lowest BCUT2D eigenvalue weighted by atomic mass is 10.2. The molecule has 0 amide bonds. The van der Waals surface area contributed by atoms with Crippen molar-refractivity contribution < 1.29 is 19.4 Å². The fraction of sp³-hybridized carbons (Fsp3) is 0.273. The number of carbonyl (C=O) groups excluding carboxylic acids is 1. The van der Waals surface area contributed by atoms with Crippen LogP contribution in [-0.2, 0) is 9.53 Å². The van der Waals surface area contributed by atoms with Crippen molar-refractivity contribution in [1.82, 2.24) is 4.98 Å². The minimum Gasteiger partial charge on any atom is -0.477 e. The Kier molecular flexibility index (Phi) is 3.88. The maximum atomic E-state index is 11.0. The summed E-state index contributed by atoms with van der Waals surface area (Å²) in [5, 5.41) is 8.74. The largest absolute Gasteiger partial charge is 0.477 e. The molecule has 86 valence electrons.